The number of carbonyl (C=O) groups excluding carboxylic acids is 1. The van der Waals surface area contributed by atoms with Crippen molar-refractivity contribution in [1.82, 2.24) is 8.87 Å². The molecule has 0 bridgehead atoms. The highest BCUT2D eigenvalue weighted by molar-refractivity contribution is 14.2. The first-order valence-corrected chi connectivity index (χ1v) is 8.89. The number of carbonyl (C=O) groups is 1. The fourth-order valence-electron chi connectivity index (χ4n) is 1.32. The van der Waals surface area contributed by atoms with Gasteiger partial charge in [0.25, 0.3) is 0 Å². The maximum absolute atomic E-state index is 11.1. The van der Waals surface area contributed by atoms with Gasteiger partial charge in [-0.05, 0) is 22.0 Å². The number of hydrogen-bond donors (Lipinski definition) is 0. The molecule has 0 unspecified atom stereocenters. The Hall–Kier alpha value is -0.210. The van der Waals surface area contributed by atoms with Gasteiger partial charge in [0.15, 0.2) is 6.29 Å². The molecule has 0 saturated carbocycles. The molecule has 17 heavy (non-hydrogen) atoms. The van der Waals surface area contributed by atoms with E-state index in [0.717, 1.165) is 22.9 Å². The minimum Gasteiger partial charge on any atom is -0.376 e. The van der Waals surface area contributed by atoms with E-state index in [1.165, 1.54) is 9.12 Å². The molecule has 0 saturated heterocycles. The molecule has 0 aromatic carbocycles. The maximum atomic E-state index is 11.1. The molecule has 1 rings (SSSR count). The normalized spacial score (nSPS) is 11.4. The lowest BCUT2D eigenvalue weighted by atomic mass is 10.2. The van der Waals surface area contributed by atoms with Gasteiger partial charge in [-0.15, -0.1) is 6.58 Å². The second-order valence-electron chi connectivity index (χ2n) is 3.33. The second kappa shape index (κ2) is 7.27. The molecule has 0 radical (unpaired) electrons. The van der Waals surface area contributed by atoms with Crippen molar-refractivity contribution >= 4 is 57.0 Å². The predicted molar refractivity (Wildman–Crippen MR) is 86.6 cm³/mol. The molecule has 1 heterocycles. The van der Waals surface area contributed by atoms with Crippen LogP contribution in [0.1, 0.15) is 16.1 Å². The van der Waals surface area contributed by atoms with Gasteiger partial charge < -0.3 is 4.90 Å². The van der Waals surface area contributed by atoms with Gasteiger partial charge in [-0.1, -0.05) is 6.08 Å². The Morgan fingerprint density at radius 2 is 2.47 bits per heavy atom. The minimum atomic E-state index is 0.652. The van der Waals surface area contributed by atoms with Crippen molar-refractivity contribution in [2.45, 2.75) is 0 Å². The van der Waals surface area contributed by atoms with Crippen molar-refractivity contribution in [3.05, 3.63) is 42.4 Å². The highest BCUT2D eigenvalue weighted by atomic mass is 127. The number of likely N-dealkylation sites (N-methyl/N-ethyl adjacent to an activating group) is 1. The van der Waals surface area contributed by atoms with E-state index >= 15 is 0 Å². The third-order valence-corrected chi connectivity index (χ3v) is 4.46. The predicted octanol–water partition coefficient (Wildman–Crippen LogP) is 3.96. The van der Waals surface area contributed by atoms with Crippen LogP contribution in [0.3, 0.4) is 0 Å². The van der Waals surface area contributed by atoms with E-state index in [4.69, 9.17) is 0 Å². The van der Waals surface area contributed by atoms with Gasteiger partial charge in [0.05, 0.1) is 0 Å². The lowest BCUT2D eigenvalue weighted by Crippen LogP contribution is -2.10. The van der Waals surface area contributed by atoms with E-state index < -0.39 is 0 Å². The summed E-state index contributed by atoms with van der Waals surface area (Å²) in [7, 11) is 3.42. The molecule has 0 amide bonds. The first kappa shape index (κ1) is 14.8. The molecule has 0 spiro atoms. The molecule has 0 fully saturated rings. The number of halogens is 2. The smallest absolute Gasteiger partial charge is 0.168 e. The van der Waals surface area contributed by atoms with E-state index in [2.05, 4.69) is 43.7 Å². The van der Waals surface area contributed by atoms with Gasteiger partial charge in [0, 0.05) is 66.4 Å². The average Bonchev–Trinajstić information content (AvgIpc) is 2.71. The first-order chi connectivity index (χ1) is 8.13. The Morgan fingerprint density at radius 3 is 3.00 bits per heavy atom. The molecule has 1 aromatic heterocycles. The fourth-order valence-corrected chi connectivity index (χ4v) is 3.36. The van der Waals surface area contributed by atoms with E-state index in [-0.39, 0.29) is 0 Å². The monoisotopic (exact) mass is 426 g/mol. The Labute approximate surface area is 126 Å². The number of aldehydes is 1. The van der Waals surface area contributed by atoms with E-state index in [9.17, 15) is 4.79 Å². The molecule has 0 aliphatic rings. The summed E-state index contributed by atoms with van der Waals surface area (Å²) in [6, 6.07) is 1.91. The quantitative estimate of drug-likeness (QED) is 0.391. The zero-order valence-electron chi connectivity index (χ0n) is 9.27. The van der Waals surface area contributed by atoms with E-state index in [1.54, 1.807) is 0 Å². The third-order valence-electron chi connectivity index (χ3n) is 2.08. The maximum Gasteiger partial charge on any atom is 0.168 e. The molecule has 0 aliphatic carbocycles. The summed E-state index contributed by atoms with van der Waals surface area (Å²) in [5.41, 5.74) is 1.54. The van der Waals surface area contributed by atoms with Crippen LogP contribution in [0.5, 0.6) is 0 Å². The minimum absolute atomic E-state index is 0.652. The van der Waals surface area contributed by atoms with Crippen LogP contribution in [0, 0.1) is 0 Å². The van der Waals surface area contributed by atoms with Crippen LogP contribution in [0.4, 0.5) is 0 Å². The van der Waals surface area contributed by atoms with Crippen molar-refractivity contribution in [2.75, 3.05) is 13.6 Å². The molecule has 6 heteroatoms. The molecule has 1 aromatic rings. The molecule has 0 aliphatic heterocycles. The highest BCUT2D eigenvalue weighted by Gasteiger charge is 2.11. The third kappa shape index (κ3) is 3.89. The standard InChI is InChI=1S/C11H12BrIN2OS/c1-3-5-14(2)7-10(12)9-4-6-15(17-13)11(9)8-16/h3-4,6-8H,1,5H2,2H3/b10-7+. The largest absolute Gasteiger partial charge is 0.376 e. The van der Waals surface area contributed by atoms with Crippen molar-refractivity contribution in [3.63, 3.8) is 0 Å². The molecule has 92 valence electrons. The molecular formula is C11H12BrIN2OS. The second-order valence-corrected chi connectivity index (χ2v) is 5.90. The summed E-state index contributed by atoms with van der Waals surface area (Å²) < 4.78 is 2.71. The lowest BCUT2D eigenvalue weighted by molar-refractivity contribution is 0.111. The fraction of sp³-hybridized carbons (Fsp3) is 0.182. The van der Waals surface area contributed by atoms with Crippen molar-refractivity contribution in [3.8, 4) is 0 Å². The average molecular weight is 427 g/mol. The SMILES string of the molecule is C=CCN(C)/C=C(/Br)c1ccn(SI)c1C=O. The van der Waals surface area contributed by atoms with Crippen LogP contribution in [0.15, 0.2) is 31.1 Å². The van der Waals surface area contributed by atoms with Crippen molar-refractivity contribution in [2.24, 2.45) is 0 Å². The lowest BCUT2D eigenvalue weighted by Gasteiger charge is -2.11. The number of hydrogen-bond acceptors (Lipinski definition) is 3. The number of rotatable bonds is 6. The number of aromatic nitrogens is 1. The Kier molecular flexibility index (Phi) is 6.35. The van der Waals surface area contributed by atoms with Crippen LogP contribution in [0.2, 0.25) is 0 Å². The van der Waals surface area contributed by atoms with Crippen LogP contribution < -0.4 is 0 Å². The van der Waals surface area contributed by atoms with Gasteiger partial charge in [0.2, 0.25) is 0 Å². The Bertz CT molecular complexity index is 445. The van der Waals surface area contributed by atoms with E-state index in [1.807, 2.05) is 40.5 Å². The van der Waals surface area contributed by atoms with Gasteiger partial charge in [-0.2, -0.15) is 0 Å². The van der Waals surface area contributed by atoms with Gasteiger partial charge in [-0.3, -0.25) is 8.77 Å². The van der Waals surface area contributed by atoms with Crippen LogP contribution in [-0.4, -0.2) is 28.8 Å². The summed E-state index contributed by atoms with van der Waals surface area (Å²) in [6.07, 6.45) is 6.50. The zero-order valence-corrected chi connectivity index (χ0v) is 13.8. The summed E-state index contributed by atoms with van der Waals surface area (Å²) in [5.74, 6) is 0. The summed E-state index contributed by atoms with van der Waals surface area (Å²) in [5, 5.41) is 0. The van der Waals surface area contributed by atoms with Gasteiger partial charge in [0.1, 0.15) is 5.69 Å². The highest BCUT2D eigenvalue weighted by Crippen LogP contribution is 2.29. The van der Waals surface area contributed by atoms with Crippen LogP contribution >= 0.6 is 46.3 Å². The van der Waals surface area contributed by atoms with Crippen molar-refractivity contribution < 1.29 is 4.79 Å². The van der Waals surface area contributed by atoms with Gasteiger partial charge in [-0.25, -0.2) is 0 Å². The van der Waals surface area contributed by atoms with Crippen LogP contribution in [0.25, 0.3) is 4.48 Å². The van der Waals surface area contributed by atoms with Crippen LogP contribution in [-0.2, 0) is 0 Å². The molecule has 0 N–H and O–H groups in total. The topological polar surface area (TPSA) is 25.2 Å². The van der Waals surface area contributed by atoms with Gasteiger partial charge >= 0.3 is 0 Å². The molecular weight excluding hydrogens is 415 g/mol. The van der Waals surface area contributed by atoms with Crippen molar-refractivity contribution in [1.29, 1.82) is 0 Å². The first-order valence-electron chi connectivity index (χ1n) is 4.78. The zero-order chi connectivity index (χ0) is 12.8. The molecule has 3 nitrogen and oxygen atoms in total. The Balaban J connectivity index is 3.03. The summed E-state index contributed by atoms with van der Waals surface area (Å²) in [4.78, 5) is 13.1. The number of nitrogens with zero attached hydrogens (tertiary/aromatic N) is 2. The molecule has 0 atom stereocenters. The summed E-state index contributed by atoms with van der Waals surface area (Å²) >= 11 is 5.63. The summed E-state index contributed by atoms with van der Waals surface area (Å²) in [6.45, 7) is 4.44. The van der Waals surface area contributed by atoms with E-state index in [0.29, 0.717) is 5.69 Å². The Morgan fingerprint density at radius 1 is 1.76 bits per heavy atom.